The summed E-state index contributed by atoms with van der Waals surface area (Å²) in [4.78, 5) is 32.5. The molecule has 0 atom stereocenters. The summed E-state index contributed by atoms with van der Waals surface area (Å²) in [5.74, 6) is 0.537. The second-order valence-electron chi connectivity index (χ2n) is 3.83. The molecule has 2 rings (SSSR count). The third-order valence-corrected chi connectivity index (χ3v) is 2.43. The molecule has 0 bridgehead atoms. The minimum absolute atomic E-state index is 0.269. The van der Waals surface area contributed by atoms with Crippen LogP contribution in [0.2, 0.25) is 0 Å². The Bertz CT molecular complexity index is 558. The zero-order chi connectivity index (χ0) is 14.4. The molecule has 2 aromatic carbocycles. The quantitative estimate of drug-likeness (QED) is 0.485. The molecule has 0 N–H and O–H groups in total. The molecule has 2 aromatic rings. The van der Waals surface area contributed by atoms with Gasteiger partial charge < -0.3 is 9.47 Å². The monoisotopic (exact) mass is 270 g/mol. The van der Waals surface area contributed by atoms with E-state index in [0.717, 1.165) is 0 Å². The van der Waals surface area contributed by atoms with Crippen molar-refractivity contribution in [3.8, 4) is 11.5 Å². The number of ether oxygens (including phenoxy) is 2. The topological polar surface area (TPSA) is 69.7 Å². The third kappa shape index (κ3) is 3.52. The first kappa shape index (κ1) is 13.5. The van der Waals surface area contributed by atoms with Gasteiger partial charge in [0.2, 0.25) is 0 Å². The van der Waals surface area contributed by atoms with Crippen LogP contribution in [-0.4, -0.2) is 18.7 Å². The second kappa shape index (κ2) is 6.29. The van der Waals surface area contributed by atoms with Crippen LogP contribution in [0.3, 0.4) is 0 Å². The standard InChI is InChI=1S/C15H10O5/c16-9-11-1-5-13(6-2-11)19-15(18)20-14-7-3-12(10-17)4-8-14/h1-10H. The Morgan fingerprint density at radius 2 is 1.05 bits per heavy atom. The molecule has 100 valence electrons. The summed E-state index contributed by atoms with van der Waals surface area (Å²) in [5, 5.41) is 0. The summed E-state index contributed by atoms with van der Waals surface area (Å²) in [6.07, 6.45) is 0.482. The van der Waals surface area contributed by atoms with Gasteiger partial charge in [0.05, 0.1) is 0 Å². The van der Waals surface area contributed by atoms with Crippen LogP contribution in [0.15, 0.2) is 48.5 Å². The normalized spacial score (nSPS) is 9.60. The molecular weight excluding hydrogens is 260 g/mol. The second-order valence-corrected chi connectivity index (χ2v) is 3.83. The van der Waals surface area contributed by atoms with Gasteiger partial charge >= 0.3 is 6.16 Å². The van der Waals surface area contributed by atoms with Crippen molar-refractivity contribution in [1.29, 1.82) is 0 Å². The molecule has 0 aromatic heterocycles. The van der Waals surface area contributed by atoms with E-state index in [4.69, 9.17) is 9.47 Å². The van der Waals surface area contributed by atoms with Crippen LogP contribution in [0.5, 0.6) is 11.5 Å². The van der Waals surface area contributed by atoms with Gasteiger partial charge in [-0.05, 0) is 48.5 Å². The van der Waals surface area contributed by atoms with E-state index in [1.165, 1.54) is 48.5 Å². The van der Waals surface area contributed by atoms with Crippen LogP contribution in [0.4, 0.5) is 4.79 Å². The zero-order valence-corrected chi connectivity index (χ0v) is 10.3. The van der Waals surface area contributed by atoms with E-state index in [0.29, 0.717) is 23.7 Å². The van der Waals surface area contributed by atoms with E-state index >= 15 is 0 Å². The van der Waals surface area contributed by atoms with Crippen molar-refractivity contribution in [1.82, 2.24) is 0 Å². The van der Waals surface area contributed by atoms with Crippen molar-refractivity contribution in [3.63, 3.8) is 0 Å². The van der Waals surface area contributed by atoms with Crippen LogP contribution in [0, 0.1) is 0 Å². The SMILES string of the molecule is O=Cc1ccc(OC(=O)Oc2ccc(C=O)cc2)cc1. The van der Waals surface area contributed by atoms with Gasteiger partial charge in [-0.15, -0.1) is 0 Å². The largest absolute Gasteiger partial charge is 0.519 e. The molecule has 0 aliphatic rings. The summed E-state index contributed by atoms with van der Waals surface area (Å²) < 4.78 is 9.86. The van der Waals surface area contributed by atoms with Gasteiger partial charge in [0.1, 0.15) is 24.1 Å². The van der Waals surface area contributed by atoms with Crippen LogP contribution in [0.1, 0.15) is 20.7 Å². The van der Waals surface area contributed by atoms with Crippen molar-refractivity contribution < 1.29 is 23.9 Å². The highest BCUT2D eigenvalue weighted by atomic mass is 16.7. The number of rotatable bonds is 4. The lowest BCUT2D eigenvalue weighted by Crippen LogP contribution is -2.13. The van der Waals surface area contributed by atoms with Crippen molar-refractivity contribution in [2.45, 2.75) is 0 Å². The average Bonchev–Trinajstić information content (AvgIpc) is 2.49. The Morgan fingerprint density at radius 3 is 1.35 bits per heavy atom. The molecule has 0 heterocycles. The number of aldehydes is 2. The smallest absolute Gasteiger partial charge is 0.395 e. The Balaban J connectivity index is 1.96. The fourth-order valence-electron chi connectivity index (χ4n) is 1.44. The third-order valence-electron chi connectivity index (χ3n) is 2.43. The lowest BCUT2D eigenvalue weighted by molar-refractivity contribution is 0.111. The maximum atomic E-state index is 11.5. The van der Waals surface area contributed by atoms with E-state index in [1.807, 2.05) is 0 Å². The van der Waals surface area contributed by atoms with Gasteiger partial charge in [-0.3, -0.25) is 9.59 Å². The first-order chi connectivity index (χ1) is 9.71. The minimum Gasteiger partial charge on any atom is -0.395 e. The highest BCUT2D eigenvalue weighted by molar-refractivity contribution is 5.76. The highest BCUT2D eigenvalue weighted by Gasteiger charge is 2.07. The van der Waals surface area contributed by atoms with Crippen LogP contribution in [0.25, 0.3) is 0 Å². The van der Waals surface area contributed by atoms with E-state index in [1.54, 1.807) is 0 Å². The molecule has 0 saturated carbocycles. The van der Waals surface area contributed by atoms with Crippen molar-refractivity contribution in [2.75, 3.05) is 0 Å². The first-order valence-corrected chi connectivity index (χ1v) is 5.71. The lowest BCUT2D eigenvalue weighted by atomic mass is 10.2. The van der Waals surface area contributed by atoms with E-state index < -0.39 is 6.16 Å². The molecule has 0 fully saturated rings. The van der Waals surface area contributed by atoms with Gasteiger partial charge in [0, 0.05) is 11.1 Å². The van der Waals surface area contributed by atoms with E-state index in [-0.39, 0.29) is 11.5 Å². The molecule has 20 heavy (non-hydrogen) atoms. The molecule has 5 heteroatoms. The first-order valence-electron chi connectivity index (χ1n) is 5.71. The fourth-order valence-corrected chi connectivity index (χ4v) is 1.44. The number of carbonyl (C=O) groups is 3. The maximum Gasteiger partial charge on any atom is 0.519 e. The molecule has 5 nitrogen and oxygen atoms in total. The number of carbonyl (C=O) groups excluding carboxylic acids is 3. The van der Waals surface area contributed by atoms with Crippen LogP contribution in [-0.2, 0) is 0 Å². The van der Waals surface area contributed by atoms with Gasteiger partial charge in [0.15, 0.2) is 0 Å². The molecule has 0 saturated heterocycles. The van der Waals surface area contributed by atoms with Crippen LogP contribution < -0.4 is 9.47 Å². The predicted octanol–water partition coefficient (Wildman–Crippen LogP) is 2.89. The van der Waals surface area contributed by atoms with E-state index in [9.17, 15) is 14.4 Å². The Labute approximate surface area is 114 Å². The Kier molecular flexibility index (Phi) is 4.24. The molecule has 0 aliphatic carbocycles. The van der Waals surface area contributed by atoms with Gasteiger partial charge in [0.25, 0.3) is 0 Å². The average molecular weight is 270 g/mol. The zero-order valence-electron chi connectivity index (χ0n) is 10.3. The number of hydrogen-bond donors (Lipinski definition) is 0. The molecule has 0 radical (unpaired) electrons. The van der Waals surface area contributed by atoms with Crippen molar-refractivity contribution in [2.24, 2.45) is 0 Å². The number of benzene rings is 2. The summed E-state index contributed by atoms with van der Waals surface area (Å²) in [7, 11) is 0. The fraction of sp³-hybridized carbons (Fsp3) is 0. The Morgan fingerprint density at radius 1 is 0.700 bits per heavy atom. The molecule has 0 amide bonds. The summed E-state index contributed by atoms with van der Waals surface area (Å²) >= 11 is 0. The maximum absolute atomic E-state index is 11.5. The van der Waals surface area contributed by atoms with Gasteiger partial charge in [-0.2, -0.15) is 0 Å². The summed E-state index contributed by atoms with van der Waals surface area (Å²) in [6.45, 7) is 0. The van der Waals surface area contributed by atoms with E-state index in [2.05, 4.69) is 0 Å². The molecule has 0 aliphatic heterocycles. The molecule has 0 spiro atoms. The molecular formula is C15H10O5. The summed E-state index contributed by atoms with van der Waals surface area (Å²) in [6, 6.07) is 12.0. The van der Waals surface area contributed by atoms with Crippen molar-refractivity contribution in [3.05, 3.63) is 59.7 Å². The van der Waals surface area contributed by atoms with Crippen molar-refractivity contribution >= 4 is 18.7 Å². The number of hydrogen-bond acceptors (Lipinski definition) is 5. The predicted molar refractivity (Wildman–Crippen MR) is 70.3 cm³/mol. The lowest BCUT2D eigenvalue weighted by Gasteiger charge is -2.05. The van der Waals surface area contributed by atoms with Gasteiger partial charge in [-0.1, -0.05) is 0 Å². The highest BCUT2D eigenvalue weighted by Crippen LogP contribution is 2.15. The summed E-state index contributed by atoms with van der Waals surface area (Å²) in [5.41, 5.74) is 0.963. The Hall–Kier alpha value is -2.95. The van der Waals surface area contributed by atoms with Gasteiger partial charge in [-0.25, -0.2) is 4.79 Å². The minimum atomic E-state index is -0.900. The molecule has 0 unspecified atom stereocenters. The van der Waals surface area contributed by atoms with Crippen LogP contribution >= 0.6 is 0 Å².